The molecule has 3 atom stereocenters. The van der Waals surface area contributed by atoms with Crippen molar-refractivity contribution >= 4 is 17.9 Å². The normalized spacial score (nSPS) is 16.4. The second-order valence-electron chi connectivity index (χ2n) is 9.62. The van der Waals surface area contributed by atoms with Gasteiger partial charge in [-0.15, -0.1) is 0 Å². The summed E-state index contributed by atoms with van der Waals surface area (Å²) in [6.45, 7) is 4.15. The number of rotatable bonds is 15. The maximum atomic E-state index is 12.2. The summed E-state index contributed by atoms with van der Waals surface area (Å²) in [6.07, 6.45) is 6.67. The number of pyridine rings is 1. The Balaban J connectivity index is 1.42. The van der Waals surface area contributed by atoms with Gasteiger partial charge in [0.1, 0.15) is 18.5 Å². The minimum absolute atomic E-state index is 0.0228. The van der Waals surface area contributed by atoms with Crippen LogP contribution in [0.15, 0.2) is 48.7 Å². The lowest BCUT2D eigenvalue weighted by atomic mass is 9.97. The number of nitrogens with zero attached hydrogens (tertiary/aromatic N) is 2. The van der Waals surface area contributed by atoms with Crippen LogP contribution in [-0.2, 0) is 27.3 Å². The van der Waals surface area contributed by atoms with E-state index in [-0.39, 0.29) is 19.1 Å². The lowest BCUT2D eigenvalue weighted by molar-refractivity contribution is -0.139. The van der Waals surface area contributed by atoms with Crippen LogP contribution in [0.1, 0.15) is 50.2 Å². The molecule has 3 rings (SSSR count). The number of unbranched alkanes of at least 4 members (excludes halogenated alkanes) is 1. The molecule has 0 radical (unpaired) electrons. The molecule has 9 nitrogen and oxygen atoms in total. The van der Waals surface area contributed by atoms with Gasteiger partial charge in [0, 0.05) is 32.4 Å². The standard InChI is InChI=1S/C28H40N4O5/c1-21(36-2)19-32(17-7-6-12-24-14-13-23-11-8-16-29-26(23)30-24)18-15-25(27(33)34)31-28(35)37-20-22-9-4-3-5-10-22/h3-5,8-11,16,21,24-25H,6-7,12-15,17-20H2,1-2H3,(H,29,30)(H,31,35)(H,33,34). The average Bonchev–Trinajstić information content (AvgIpc) is 2.92. The number of methoxy groups -OCH3 is 1. The van der Waals surface area contributed by atoms with Gasteiger partial charge in [0.05, 0.1) is 6.10 Å². The van der Waals surface area contributed by atoms with Crippen LogP contribution in [0.25, 0.3) is 0 Å². The number of carboxylic acids is 1. The molecule has 1 amide bonds. The van der Waals surface area contributed by atoms with Crippen molar-refractivity contribution in [3.05, 3.63) is 59.8 Å². The van der Waals surface area contributed by atoms with E-state index in [0.717, 1.165) is 50.0 Å². The second kappa shape index (κ2) is 15.2. The Morgan fingerprint density at radius 3 is 2.76 bits per heavy atom. The van der Waals surface area contributed by atoms with Gasteiger partial charge in [0.2, 0.25) is 0 Å². The molecule has 3 unspecified atom stereocenters. The van der Waals surface area contributed by atoms with Gasteiger partial charge in [-0.05, 0) is 62.8 Å². The molecule has 2 heterocycles. The second-order valence-corrected chi connectivity index (χ2v) is 9.62. The molecule has 0 spiro atoms. The summed E-state index contributed by atoms with van der Waals surface area (Å²) in [5.74, 6) is -0.0718. The zero-order valence-electron chi connectivity index (χ0n) is 21.9. The number of carbonyl (C=O) groups is 2. The van der Waals surface area contributed by atoms with Gasteiger partial charge in [-0.25, -0.2) is 14.6 Å². The van der Waals surface area contributed by atoms with Gasteiger partial charge >= 0.3 is 12.1 Å². The fourth-order valence-electron chi connectivity index (χ4n) is 4.52. The molecular formula is C28H40N4O5. The topological polar surface area (TPSA) is 113 Å². The summed E-state index contributed by atoms with van der Waals surface area (Å²) in [4.78, 5) is 30.7. The van der Waals surface area contributed by atoms with Crippen LogP contribution in [0.3, 0.4) is 0 Å². The average molecular weight is 513 g/mol. The molecule has 0 saturated heterocycles. The third-order valence-corrected chi connectivity index (χ3v) is 6.73. The predicted octanol–water partition coefficient (Wildman–Crippen LogP) is 4.09. The molecule has 1 aliphatic heterocycles. The Kier molecular flexibility index (Phi) is 11.6. The fourth-order valence-corrected chi connectivity index (χ4v) is 4.52. The van der Waals surface area contributed by atoms with Crippen molar-refractivity contribution in [1.82, 2.24) is 15.2 Å². The number of carboxylic acid groups (broad SMARTS) is 1. The van der Waals surface area contributed by atoms with E-state index in [2.05, 4.69) is 26.6 Å². The Bertz CT molecular complexity index is 974. The van der Waals surface area contributed by atoms with Crippen LogP contribution in [-0.4, -0.2) is 72.0 Å². The fraction of sp³-hybridized carbons (Fsp3) is 0.536. The summed E-state index contributed by atoms with van der Waals surface area (Å²) in [5, 5.41) is 15.7. The highest BCUT2D eigenvalue weighted by atomic mass is 16.5. The van der Waals surface area contributed by atoms with E-state index in [9.17, 15) is 14.7 Å². The number of nitrogens with one attached hydrogen (secondary N) is 2. The zero-order chi connectivity index (χ0) is 26.5. The maximum Gasteiger partial charge on any atom is 0.408 e. The van der Waals surface area contributed by atoms with Gasteiger partial charge < -0.3 is 30.1 Å². The Morgan fingerprint density at radius 1 is 1.19 bits per heavy atom. The summed E-state index contributed by atoms with van der Waals surface area (Å²) in [5.41, 5.74) is 2.12. The van der Waals surface area contributed by atoms with Crippen molar-refractivity contribution in [2.75, 3.05) is 32.1 Å². The Labute approximate surface area is 219 Å². The van der Waals surface area contributed by atoms with Gasteiger partial charge in [-0.1, -0.05) is 42.8 Å². The van der Waals surface area contributed by atoms with Gasteiger partial charge in [-0.3, -0.25) is 0 Å². The van der Waals surface area contributed by atoms with Crippen LogP contribution >= 0.6 is 0 Å². The van der Waals surface area contributed by atoms with Crippen LogP contribution in [0.4, 0.5) is 10.6 Å². The molecule has 0 bridgehead atoms. The van der Waals surface area contributed by atoms with Gasteiger partial charge in [0.15, 0.2) is 0 Å². The first kappa shape index (κ1) is 28.4. The molecule has 202 valence electrons. The van der Waals surface area contributed by atoms with Crippen LogP contribution in [0, 0.1) is 0 Å². The molecule has 1 aliphatic rings. The summed E-state index contributed by atoms with van der Waals surface area (Å²) in [6, 6.07) is 12.8. The van der Waals surface area contributed by atoms with Crippen LogP contribution in [0.5, 0.6) is 0 Å². The largest absolute Gasteiger partial charge is 0.480 e. The number of ether oxygens (including phenoxy) is 2. The number of alkyl carbamates (subject to hydrolysis) is 1. The van der Waals surface area contributed by atoms with Crippen molar-refractivity contribution in [3.63, 3.8) is 0 Å². The van der Waals surface area contributed by atoms with Gasteiger partial charge in [0.25, 0.3) is 0 Å². The quantitative estimate of drug-likeness (QED) is 0.306. The molecule has 9 heteroatoms. The van der Waals surface area contributed by atoms with E-state index in [4.69, 9.17) is 9.47 Å². The predicted molar refractivity (Wildman–Crippen MR) is 143 cm³/mol. The van der Waals surface area contributed by atoms with E-state index >= 15 is 0 Å². The lowest BCUT2D eigenvalue weighted by Gasteiger charge is -2.28. The maximum absolute atomic E-state index is 12.2. The third-order valence-electron chi connectivity index (χ3n) is 6.73. The number of amides is 1. The number of benzene rings is 1. The van der Waals surface area contributed by atoms with Crippen molar-refractivity contribution in [2.24, 2.45) is 0 Å². The number of anilines is 1. The highest BCUT2D eigenvalue weighted by Crippen LogP contribution is 2.24. The van der Waals surface area contributed by atoms with E-state index in [1.807, 2.05) is 49.5 Å². The molecule has 37 heavy (non-hydrogen) atoms. The highest BCUT2D eigenvalue weighted by molar-refractivity contribution is 5.79. The number of hydrogen-bond acceptors (Lipinski definition) is 7. The molecule has 0 aliphatic carbocycles. The summed E-state index contributed by atoms with van der Waals surface area (Å²) < 4.78 is 10.6. The molecule has 2 aromatic rings. The number of carbonyl (C=O) groups excluding carboxylic acids is 1. The first-order valence-electron chi connectivity index (χ1n) is 13.1. The minimum atomic E-state index is -1.08. The number of hydrogen-bond donors (Lipinski definition) is 3. The van der Waals surface area contributed by atoms with Crippen molar-refractivity contribution in [3.8, 4) is 0 Å². The van der Waals surface area contributed by atoms with Crippen LogP contribution in [0.2, 0.25) is 0 Å². The molecule has 3 N–H and O–H groups in total. The smallest absolute Gasteiger partial charge is 0.408 e. The van der Waals surface area contributed by atoms with Crippen molar-refractivity contribution in [1.29, 1.82) is 0 Å². The third kappa shape index (κ3) is 10.0. The summed E-state index contributed by atoms with van der Waals surface area (Å²) >= 11 is 0. The zero-order valence-corrected chi connectivity index (χ0v) is 21.9. The molecule has 0 saturated carbocycles. The number of aryl methyl sites for hydroxylation is 1. The molecule has 1 aromatic carbocycles. The highest BCUT2D eigenvalue weighted by Gasteiger charge is 2.23. The number of aliphatic carboxylic acids is 1. The van der Waals surface area contributed by atoms with Crippen molar-refractivity contribution < 1.29 is 24.2 Å². The van der Waals surface area contributed by atoms with E-state index < -0.39 is 18.1 Å². The lowest BCUT2D eigenvalue weighted by Crippen LogP contribution is -2.44. The van der Waals surface area contributed by atoms with Crippen LogP contribution < -0.4 is 10.6 Å². The Morgan fingerprint density at radius 2 is 2.00 bits per heavy atom. The first-order valence-corrected chi connectivity index (χ1v) is 13.1. The number of aromatic nitrogens is 1. The molecule has 0 fully saturated rings. The van der Waals surface area contributed by atoms with E-state index in [1.165, 1.54) is 5.56 Å². The number of fused-ring (bicyclic) bond motifs is 1. The molecular weight excluding hydrogens is 472 g/mol. The Hall–Kier alpha value is -3.17. The van der Waals surface area contributed by atoms with Crippen molar-refractivity contribution in [2.45, 2.75) is 70.2 Å². The van der Waals surface area contributed by atoms with Gasteiger partial charge in [-0.2, -0.15) is 0 Å². The van der Waals surface area contributed by atoms with E-state index in [1.54, 1.807) is 7.11 Å². The summed E-state index contributed by atoms with van der Waals surface area (Å²) in [7, 11) is 1.67. The van der Waals surface area contributed by atoms with E-state index in [0.29, 0.717) is 19.1 Å². The minimum Gasteiger partial charge on any atom is -0.480 e. The monoisotopic (exact) mass is 512 g/mol. The first-order chi connectivity index (χ1) is 17.9. The molecule has 1 aromatic heterocycles. The SMILES string of the molecule is COC(C)CN(CCCCC1CCc2cccnc2N1)CCC(NC(=O)OCc1ccccc1)C(=O)O.